The molecule has 76 valence electrons. The van der Waals surface area contributed by atoms with E-state index in [0.717, 1.165) is 0 Å². The Morgan fingerprint density at radius 3 is 3.27 bits per heavy atom. The van der Waals surface area contributed by atoms with Crippen molar-refractivity contribution < 1.29 is 0 Å². The molecule has 0 bridgehead atoms. The average Bonchev–Trinajstić information content (AvgIpc) is 2.58. The standard InChI is InChI=1S/C8H8N6O/c1-2-3-11-14-4-10-5-6(14)12-8(9)13-7(5)15/h1,4,11H,3H2,(H3,9,12,13,15). The zero-order chi connectivity index (χ0) is 10.8. The fraction of sp³-hybridized carbons (Fsp3) is 0.125. The number of fused-ring (bicyclic) bond motifs is 1. The third kappa shape index (κ3) is 1.48. The number of imidazole rings is 1. The summed E-state index contributed by atoms with van der Waals surface area (Å²) in [6, 6.07) is 0. The van der Waals surface area contributed by atoms with Gasteiger partial charge in [0.1, 0.15) is 6.33 Å². The minimum absolute atomic E-state index is 0.0387. The third-order valence-corrected chi connectivity index (χ3v) is 1.78. The van der Waals surface area contributed by atoms with Gasteiger partial charge in [0.05, 0.1) is 6.54 Å². The second-order valence-corrected chi connectivity index (χ2v) is 2.78. The molecule has 0 unspecified atom stereocenters. The first-order valence-corrected chi connectivity index (χ1v) is 4.12. The molecule has 2 aromatic heterocycles. The highest BCUT2D eigenvalue weighted by Gasteiger charge is 2.07. The molecule has 2 aromatic rings. The summed E-state index contributed by atoms with van der Waals surface area (Å²) in [4.78, 5) is 21.5. The van der Waals surface area contributed by atoms with Crippen molar-refractivity contribution in [1.82, 2.24) is 19.6 Å². The smallest absolute Gasteiger partial charge is 0.280 e. The van der Waals surface area contributed by atoms with E-state index in [0.29, 0.717) is 12.2 Å². The molecule has 0 aliphatic rings. The van der Waals surface area contributed by atoms with Gasteiger partial charge in [-0.2, -0.15) is 4.98 Å². The van der Waals surface area contributed by atoms with E-state index in [9.17, 15) is 4.79 Å². The molecule has 7 nitrogen and oxygen atoms in total. The first-order valence-electron chi connectivity index (χ1n) is 4.12. The number of terminal acetylenes is 1. The van der Waals surface area contributed by atoms with Gasteiger partial charge in [-0.1, -0.05) is 5.92 Å². The van der Waals surface area contributed by atoms with Crippen LogP contribution in [0.2, 0.25) is 0 Å². The minimum atomic E-state index is -0.376. The summed E-state index contributed by atoms with van der Waals surface area (Å²) in [5.74, 6) is 2.43. The van der Waals surface area contributed by atoms with Crippen LogP contribution in [0.25, 0.3) is 11.2 Å². The summed E-state index contributed by atoms with van der Waals surface area (Å²) in [6.07, 6.45) is 6.51. The number of nitrogen functional groups attached to an aromatic ring is 1. The molecule has 0 aromatic carbocycles. The number of nitrogens with zero attached hydrogens (tertiary/aromatic N) is 3. The highest BCUT2D eigenvalue weighted by Crippen LogP contribution is 2.03. The van der Waals surface area contributed by atoms with E-state index in [1.165, 1.54) is 11.0 Å². The molecule has 0 atom stereocenters. The largest absolute Gasteiger partial charge is 0.369 e. The van der Waals surface area contributed by atoms with Gasteiger partial charge < -0.3 is 11.2 Å². The van der Waals surface area contributed by atoms with Crippen LogP contribution in [-0.2, 0) is 0 Å². The van der Waals surface area contributed by atoms with Gasteiger partial charge >= 0.3 is 0 Å². The molecule has 0 spiro atoms. The predicted octanol–water partition coefficient (Wildman–Crippen LogP) is -1.12. The number of aromatic nitrogens is 4. The molecule has 0 amide bonds. The second kappa shape index (κ2) is 3.34. The Kier molecular flexibility index (Phi) is 2.02. The zero-order valence-electron chi connectivity index (χ0n) is 7.69. The average molecular weight is 204 g/mol. The van der Waals surface area contributed by atoms with Crippen molar-refractivity contribution >= 4 is 17.1 Å². The number of hydrogen-bond donors (Lipinski definition) is 3. The Morgan fingerprint density at radius 1 is 1.73 bits per heavy atom. The molecular formula is C8H8N6O. The van der Waals surface area contributed by atoms with Gasteiger partial charge in [-0.3, -0.25) is 9.78 Å². The van der Waals surface area contributed by atoms with Crippen molar-refractivity contribution in [3.05, 3.63) is 16.7 Å². The maximum absolute atomic E-state index is 11.4. The Balaban J connectivity index is 2.59. The topological polar surface area (TPSA) is 102 Å². The lowest BCUT2D eigenvalue weighted by molar-refractivity contribution is 0.909. The van der Waals surface area contributed by atoms with Crippen LogP contribution in [0.15, 0.2) is 11.1 Å². The molecule has 2 rings (SSSR count). The third-order valence-electron chi connectivity index (χ3n) is 1.78. The number of anilines is 1. The SMILES string of the molecule is C#CCNn1cnc2c(=O)[nH]c(N)nc21. The molecule has 0 saturated carbocycles. The molecular weight excluding hydrogens is 196 g/mol. The van der Waals surface area contributed by atoms with Crippen LogP contribution in [0.5, 0.6) is 0 Å². The van der Waals surface area contributed by atoms with E-state index >= 15 is 0 Å². The lowest BCUT2D eigenvalue weighted by Crippen LogP contribution is -2.17. The van der Waals surface area contributed by atoms with Crippen molar-refractivity contribution in [3.63, 3.8) is 0 Å². The molecule has 4 N–H and O–H groups in total. The van der Waals surface area contributed by atoms with E-state index in [2.05, 4.69) is 26.3 Å². The van der Waals surface area contributed by atoms with Crippen molar-refractivity contribution in [2.45, 2.75) is 0 Å². The molecule has 0 aliphatic heterocycles. The summed E-state index contributed by atoms with van der Waals surface area (Å²) < 4.78 is 1.46. The van der Waals surface area contributed by atoms with Gasteiger partial charge in [-0.25, -0.2) is 9.66 Å². The molecule has 15 heavy (non-hydrogen) atoms. The number of hydrogen-bond acceptors (Lipinski definition) is 5. The number of nitrogens with two attached hydrogens (primary N) is 1. The van der Waals surface area contributed by atoms with Crippen LogP contribution >= 0.6 is 0 Å². The summed E-state index contributed by atoms with van der Waals surface area (Å²) in [7, 11) is 0. The highest BCUT2D eigenvalue weighted by molar-refractivity contribution is 5.70. The zero-order valence-corrected chi connectivity index (χ0v) is 7.69. The Bertz CT molecular complexity index is 589. The van der Waals surface area contributed by atoms with E-state index in [1.54, 1.807) is 0 Å². The maximum Gasteiger partial charge on any atom is 0.280 e. The van der Waals surface area contributed by atoms with Crippen LogP contribution in [0.1, 0.15) is 0 Å². The number of rotatable bonds is 2. The maximum atomic E-state index is 11.4. The van der Waals surface area contributed by atoms with Gasteiger partial charge in [0.15, 0.2) is 11.2 Å². The number of nitrogens with one attached hydrogen (secondary N) is 2. The molecule has 0 aliphatic carbocycles. The van der Waals surface area contributed by atoms with Crippen molar-refractivity contribution in [1.29, 1.82) is 0 Å². The van der Waals surface area contributed by atoms with Crippen LogP contribution < -0.4 is 16.7 Å². The summed E-state index contributed by atoms with van der Waals surface area (Å²) >= 11 is 0. The van der Waals surface area contributed by atoms with Gasteiger partial charge in [-0.15, -0.1) is 6.42 Å². The number of aromatic amines is 1. The summed E-state index contributed by atoms with van der Waals surface area (Å²) in [5.41, 5.74) is 8.42. The lowest BCUT2D eigenvalue weighted by atomic mass is 10.5. The quantitative estimate of drug-likeness (QED) is 0.538. The van der Waals surface area contributed by atoms with Crippen molar-refractivity contribution in [2.24, 2.45) is 0 Å². The van der Waals surface area contributed by atoms with Crippen LogP contribution in [0, 0.1) is 12.3 Å². The second-order valence-electron chi connectivity index (χ2n) is 2.78. The van der Waals surface area contributed by atoms with Crippen LogP contribution in [0.3, 0.4) is 0 Å². The van der Waals surface area contributed by atoms with Crippen molar-refractivity contribution in [2.75, 3.05) is 17.7 Å². The van der Waals surface area contributed by atoms with Gasteiger partial charge in [-0.05, 0) is 0 Å². The fourth-order valence-corrected chi connectivity index (χ4v) is 1.17. The van der Waals surface area contributed by atoms with Gasteiger partial charge in [0.25, 0.3) is 5.56 Å². The normalized spacial score (nSPS) is 10.1. The fourth-order valence-electron chi connectivity index (χ4n) is 1.17. The van der Waals surface area contributed by atoms with Gasteiger partial charge in [0, 0.05) is 0 Å². The number of H-pyrrole nitrogens is 1. The van der Waals surface area contributed by atoms with Crippen LogP contribution in [0.4, 0.5) is 5.95 Å². The molecule has 0 saturated heterocycles. The molecule has 0 fully saturated rings. The monoisotopic (exact) mass is 204 g/mol. The summed E-state index contributed by atoms with van der Waals surface area (Å²) in [5, 5.41) is 0. The molecule has 0 radical (unpaired) electrons. The predicted molar refractivity (Wildman–Crippen MR) is 55.6 cm³/mol. The Morgan fingerprint density at radius 2 is 2.53 bits per heavy atom. The minimum Gasteiger partial charge on any atom is -0.369 e. The molecule has 2 heterocycles. The lowest BCUT2D eigenvalue weighted by Gasteiger charge is -2.02. The van der Waals surface area contributed by atoms with Gasteiger partial charge in [0.2, 0.25) is 5.95 Å². The summed E-state index contributed by atoms with van der Waals surface area (Å²) in [6.45, 7) is 0.305. The van der Waals surface area contributed by atoms with E-state index < -0.39 is 0 Å². The first kappa shape index (κ1) is 9.08. The van der Waals surface area contributed by atoms with E-state index in [1.807, 2.05) is 0 Å². The van der Waals surface area contributed by atoms with Crippen LogP contribution in [-0.4, -0.2) is 26.2 Å². The van der Waals surface area contributed by atoms with E-state index in [4.69, 9.17) is 12.2 Å². The molecule has 7 heteroatoms. The Hall–Kier alpha value is -2.49. The van der Waals surface area contributed by atoms with Crippen molar-refractivity contribution in [3.8, 4) is 12.3 Å². The Labute approximate surface area is 84.3 Å². The first-order chi connectivity index (χ1) is 7.22. The van der Waals surface area contributed by atoms with E-state index in [-0.39, 0.29) is 17.0 Å². The highest BCUT2D eigenvalue weighted by atomic mass is 16.1.